The molecule has 0 spiro atoms. The standard InChI is InChI=1S/C10H15N3O/c1-8-6-9(2-5-12-8)14-10-3-4-11-7-13-10/h3-4,7-9,12H,2,5-6H2,1H3/t8-,9-/m0/s1. The van der Waals surface area contributed by atoms with E-state index in [9.17, 15) is 0 Å². The normalized spacial score (nSPS) is 27.2. The van der Waals surface area contributed by atoms with Gasteiger partial charge >= 0.3 is 0 Å². The van der Waals surface area contributed by atoms with E-state index in [1.54, 1.807) is 12.3 Å². The van der Waals surface area contributed by atoms with Crippen LogP contribution in [-0.4, -0.2) is 28.7 Å². The molecule has 1 N–H and O–H groups in total. The van der Waals surface area contributed by atoms with Crippen LogP contribution in [0.1, 0.15) is 19.8 Å². The summed E-state index contributed by atoms with van der Waals surface area (Å²) in [5.41, 5.74) is 0. The third-order valence-electron chi connectivity index (χ3n) is 2.42. The first kappa shape index (κ1) is 9.40. The molecule has 0 saturated carbocycles. The van der Waals surface area contributed by atoms with Crippen LogP contribution in [0.2, 0.25) is 0 Å². The summed E-state index contributed by atoms with van der Waals surface area (Å²) in [7, 11) is 0. The number of ether oxygens (including phenoxy) is 1. The number of hydrogen-bond donors (Lipinski definition) is 1. The van der Waals surface area contributed by atoms with E-state index in [2.05, 4.69) is 22.2 Å². The summed E-state index contributed by atoms with van der Waals surface area (Å²) in [6, 6.07) is 2.34. The van der Waals surface area contributed by atoms with Crippen molar-refractivity contribution in [1.29, 1.82) is 0 Å². The van der Waals surface area contributed by atoms with E-state index in [-0.39, 0.29) is 0 Å². The van der Waals surface area contributed by atoms with Gasteiger partial charge in [0.1, 0.15) is 12.4 Å². The Morgan fingerprint density at radius 3 is 3.21 bits per heavy atom. The molecule has 0 unspecified atom stereocenters. The van der Waals surface area contributed by atoms with E-state index in [0.717, 1.165) is 19.4 Å². The van der Waals surface area contributed by atoms with Crippen LogP contribution in [-0.2, 0) is 0 Å². The van der Waals surface area contributed by atoms with E-state index in [0.29, 0.717) is 18.0 Å². The smallest absolute Gasteiger partial charge is 0.216 e. The van der Waals surface area contributed by atoms with Crippen molar-refractivity contribution in [3.63, 3.8) is 0 Å². The topological polar surface area (TPSA) is 47.0 Å². The van der Waals surface area contributed by atoms with Gasteiger partial charge in [-0.1, -0.05) is 0 Å². The summed E-state index contributed by atoms with van der Waals surface area (Å²) >= 11 is 0. The molecule has 1 saturated heterocycles. The largest absolute Gasteiger partial charge is 0.474 e. The lowest BCUT2D eigenvalue weighted by molar-refractivity contribution is 0.138. The second kappa shape index (κ2) is 4.37. The average Bonchev–Trinajstić information content (AvgIpc) is 2.19. The Morgan fingerprint density at radius 2 is 2.50 bits per heavy atom. The summed E-state index contributed by atoms with van der Waals surface area (Å²) < 4.78 is 5.73. The van der Waals surface area contributed by atoms with Crippen molar-refractivity contribution in [2.75, 3.05) is 6.54 Å². The third kappa shape index (κ3) is 2.42. The predicted octanol–water partition coefficient (Wildman–Crippen LogP) is 0.996. The zero-order valence-corrected chi connectivity index (χ0v) is 8.31. The number of nitrogens with zero attached hydrogens (tertiary/aromatic N) is 2. The number of hydrogen-bond acceptors (Lipinski definition) is 4. The van der Waals surface area contributed by atoms with Gasteiger partial charge in [-0.25, -0.2) is 9.97 Å². The highest BCUT2D eigenvalue weighted by atomic mass is 16.5. The van der Waals surface area contributed by atoms with Crippen molar-refractivity contribution in [2.45, 2.75) is 31.9 Å². The van der Waals surface area contributed by atoms with Crippen LogP contribution in [0.15, 0.2) is 18.6 Å². The van der Waals surface area contributed by atoms with E-state index in [1.807, 2.05) is 0 Å². The molecule has 1 aromatic rings. The van der Waals surface area contributed by atoms with E-state index >= 15 is 0 Å². The second-order valence-corrected chi connectivity index (χ2v) is 3.67. The highest BCUT2D eigenvalue weighted by Crippen LogP contribution is 2.15. The Morgan fingerprint density at radius 1 is 1.57 bits per heavy atom. The Labute approximate surface area is 83.7 Å². The Kier molecular flexibility index (Phi) is 2.93. The maximum Gasteiger partial charge on any atom is 0.216 e. The van der Waals surface area contributed by atoms with Crippen LogP contribution in [0.3, 0.4) is 0 Å². The predicted molar refractivity (Wildman–Crippen MR) is 53.1 cm³/mol. The monoisotopic (exact) mass is 193 g/mol. The van der Waals surface area contributed by atoms with Gasteiger partial charge in [0.25, 0.3) is 0 Å². The minimum absolute atomic E-state index is 0.293. The molecule has 4 heteroatoms. The lowest BCUT2D eigenvalue weighted by atomic mass is 10.0. The van der Waals surface area contributed by atoms with Gasteiger partial charge in [0.15, 0.2) is 0 Å². The molecule has 0 amide bonds. The van der Waals surface area contributed by atoms with Gasteiger partial charge in [-0.05, 0) is 26.3 Å². The van der Waals surface area contributed by atoms with E-state index in [4.69, 9.17) is 4.74 Å². The summed E-state index contributed by atoms with van der Waals surface area (Å²) in [4.78, 5) is 7.89. The molecule has 0 bridgehead atoms. The summed E-state index contributed by atoms with van der Waals surface area (Å²) in [6.45, 7) is 3.20. The summed E-state index contributed by atoms with van der Waals surface area (Å²) in [6.07, 6.45) is 5.60. The lowest BCUT2D eigenvalue weighted by Gasteiger charge is -2.27. The van der Waals surface area contributed by atoms with Crippen LogP contribution in [0.5, 0.6) is 5.88 Å². The first-order valence-corrected chi connectivity index (χ1v) is 5.00. The van der Waals surface area contributed by atoms with Crippen molar-refractivity contribution >= 4 is 0 Å². The van der Waals surface area contributed by atoms with Gasteiger partial charge < -0.3 is 10.1 Å². The quantitative estimate of drug-likeness (QED) is 0.761. The highest BCUT2D eigenvalue weighted by molar-refractivity contribution is 5.05. The fourth-order valence-corrected chi connectivity index (χ4v) is 1.71. The van der Waals surface area contributed by atoms with Gasteiger partial charge in [-0.15, -0.1) is 0 Å². The molecule has 1 aliphatic rings. The molecule has 1 aliphatic heterocycles. The molecule has 14 heavy (non-hydrogen) atoms. The molecule has 2 atom stereocenters. The molecule has 0 radical (unpaired) electrons. The van der Waals surface area contributed by atoms with Gasteiger partial charge in [0, 0.05) is 18.3 Å². The Balaban J connectivity index is 1.91. The van der Waals surface area contributed by atoms with Crippen LogP contribution in [0, 0.1) is 0 Å². The maximum absolute atomic E-state index is 5.73. The van der Waals surface area contributed by atoms with Gasteiger partial charge in [-0.2, -0.15) is 0 Å². The van der Waals surface area contributed by atoms with Gasteiger partial charge in [0.05, 0.1) is 0 Å². The van der Waals surface area contributed by atoms with Crippen molar-refractivity contribution in [3.8, 4) is 5.88 Å². The van der Waals surface area contributed by atoms with E-state index in [1.165, 1.54) is 6.33 Å². The number of aromatic nitrogens is 2. The first-order valence-electron chi connectivity index (χ1n) is 5.00. The Hall–Kier alpha value is -1.16. The lowest BCUT2D eigenvalue weighted by Crippen LogP contribution is -2.40. The van der Waals surface area contributed by atoms with Crippen LogP contribution in [0.25, 0.3) is 0 Å². The number of rotatable bonds is 2. The van der Waals surface area contributed by atoms with Crippen molar-refractivity contribution < 1.29 is 4.74 Å². The van der Waals surface area contributed by atoms with Gasteiger partial charge in [0.2, 0.25) is 5.88 Å². The SMILES string of the molecule is C[C@H]1C[C@@H](Oc2ccncn2)CCN1. The molecular weight excluding hydrogens is 178 g/mol. The zero-order chi connectivity index (χ0) is 9.80. The fraction of sp³-hybridized carbons (Fsp3) is 0.600. The van der Waals surface area contributed by atoms with Crippen molar-refractivity contribution in [2.24, 2.45) is 0 Å². The van der Waals surface area contributed by atoms with Crippen molar-refractivity contribution in [3.05, 3.63) is 18.6 Å². The van der Waals surface area contributed by atoms with E-state index < -0.39 is 0 Å². The molecule has 4 nitrogen and oxygen atoms in total. The van der Waals surface area contributed by atoms with Gasteiger partial charge in [-0.3, -0.25) is 0 Å². The second-order valence-electron chi connectivity index (χ2n) is 3.67. The molecule has 0 aliphatic carbocycles. The summed E-state index contributed by atoms with van der Waals surface area (Å²) in [5.74, 6) is 0.680. The van der Waals surface area contributed by atoms with Crippen LogP contribution >= 0.6 is 0 Å². The minimum atomic E-state index is 0.293. The number of nitrogens with one attached hydrogen (secondary N) is 1. The molecule has 0 aromatic carbocycles. The van der Waals surface area contributed by atoms with Crippen LogP contribution in [0.4, 0.5) is 0 Å². The average molecular weight is 193 g/mol. The van der Waals surface area contributed by atoms with Crippen LogP contribution < -0.4 is 10.1 Å². The molecular formula is C10H15N3O. The maximum atomic E-state index is 5.73. The zero-order valence-electron chi connectivity index (χ0n) is 8.31. The molecule has 2 rings (SSSR count). The first-order chi connectivity index (χ1) is 6.84. The molecule has 1 aromatic heterocycles. The van der Waals surface area contributed by atoms with Crippen molar-refractivity contribution in [1.82, 2.24) is 15.3 Å². The molecule has 2 heterocycles. The summed E-state index contributed by atoms with van der Waals surface area (Å²) in [5, 5.41) is 3.38. The molecule has 1 fully saturated rings. The Bertz CT molecular complexity index is 278. The number of piperidine rings is 1. The minimum Gasteiger partial charge on any atom is -0.474 e. The fourth-order valence-electron chi connectivity index (χ4n) is 1.71. The highest BCUT2D eigenvalue weighted by Gasteiger charge is 2.19. The third-order valence-corrected chi connectivity index (χ3v) is 2.42. The molecule has 76 valence electrons.